The average Bonchev–Trinajstić information content (AvgIpc) is 3.21. The first kappa shape index (κ1) is 26.2. The van der Waals surface area contributed by atoms with Crippen molar-refractivity contribution in [3.63, 3.8) is 0 Å². The largest absolute Gasteiger partial charge is 0.508 e. The number of phenolic OH excluding ortho intramolecular Hbond substituents is 2. The van der Waals surface area contributed by atoms with Gasteiger partial charge in [-0.15, -0.1) is 0 Å². The first-order valence-electron chi connectivity index (χ1n) is 11.2. The van der Waals surface area contributed by atoms with Gasteiger partial charge in [0.15, 0.2) is 10.6 Å². The van der Waals surface area contributed by atoms with Crippen LogP contribution in [0.3, 0.4) is 0 Å². The molecule has 0 bridgehead atoms. The molecule has 3 rings (SSSR count). The van der Waals surface area contributed by atoms with Crippen molar-refractivity contribution in [1.82, 2.24) is 20.1 Å². The molecule has 0 spiro atoms. The van der Waals surface area contributed by atoms with Crippen molar-refractivity contribution in [3.05, 3.63) is 46.7 Å². The number of aromatic amines is 1. The molecule has 0 fully saturated rings. The van der Waals surface area contributed by atoms with E-state index in [4.69, 9.17) is 26.4 Å². The highest BCUT2D eigenvalue weighted by atomic mass is 32.1. The van der Waals surface area contributed by atoms with Gasteiger partial charge in [0.2, 0.25) is 6.41 Å². The normalized spacial score (nSPS) is 11.1. The summed E-state index contributed by atoms with van der Waals surface area (Å²) >= 11 is 5.43. The molecule has 1 aromatic heterocycles. The summed E-state index contributed by atoms with van der Waals surface area (Å²) in [4.78, 5) is 10.1. The minimum atomic E-state index is -0.0925. The van der Waals surface area contributed by atoms with Crippen molar-refractivity contribution in [3.8, 4) is 34.3 Å². The zero-order valence-corrected chi connectivity index (χ0v) is 20.5. The lowest BCUT2D eigenvalue weighted by Gasteiger charge is -2.14. The second kappa shape index (κ2) is 12.9. The molecule has 3 aromatic rings. The molecule has 0 saturated carbocycles. The third-order valence-corrected chi connectivity index (χ3v) is 5.39. The number of phenols is 2. The van der Waals surface area contributed by atoms with Crippen LogP contribution in [0.4, 0.5) is 0 Å². The van der Waals surface area contributed by atoms with Crippen LogP contribution in [0.2, 0.25) is 0 Å². The van der Waals surface area contributed by atoms with Gasteiger partial charge in [-0.25, -0.2) is 0 Å². The Kier molecular flexibility index (Phi) is 9.65. The monoisotopic (exact) mass is 502 g/mol. The van der Waals surface area contributed by atoms with Gasteiger partial charge in [0, 0.05) is 12.6 Å². The van der Waals surface area contributed by atoms with Crippen molar-refractivity contribution in [2.24, 2.45) is 0 Å². The maximum absolute atomic E-state index is 10.5. The Balaban J connectivity index is 1.60. The summed E-state index contributed by atoms with van der Waals surface area (Å²) in [6, 6.07) is 10.4. The third kappa shape index (κ3) is 7.04. The second-order valence-corrected chi connectivity index (χ2v) is 8.30. The highest BCUT2D eigenvalue weighted by Gasteiger charge is 2.18. The number of rotatable bonds is 14. The lowest BCUT2D eigenvalue weighted by Crippen LogP contribution is -2.19. The van der Waals surface area contributed by atoms with Crippen LogP contribution in [0, 0.1) is 4.77 Å². The Morgan fingerprint density at radius 1 is 1.06 bits per heavy atom. The smallest absolute Gasteiger partial charge is 0.207 e. The Bertz CT molecular complexity index is 1160. The number of hydrogen-bond acceptors (Lipinski definition) is 8. The summed E-state index contributed by atoms with van der Waals surface area (Å²) in [7, 11) is 0. The number of amides is 1. The number of nitrogens with zero attached hydrogens (tertiary/aromatic N) is 2. The van der Waals surface area contributed by atoms with Gasteiger partial charge in [-0.05, 0) is 54.0 Å². The Morgan fingerprint density at radius 3 is 2.43 bits per heavy atom. The Hall–Kier alpha value is -3.41. The number of benzene rings is 2. The van der Waals surface area contributed by atoms with E-state index in [-0.39, 0.29) is 17.4 Å². The Morgan fingerprint density at radius 2 is 1.74 bits per heavy atom. The molecule has 188 valence electrons. The lowest BCUT2D eigenvalue weighted by molar-refractivity contribution is -0.109. The summed E-state index contributed by atoms with van der Waals surface area (Å²) in [5, 5.41) is 30.3. The molecular formula is C24H30N4O6S. The van der Waals surface area contributed by atoms with Crippen LogP contribution >= 0.6 is 12.2 Å². The van der Waals surface area contributed by atoms with Crippen LogP contribution in [-0.2, 0) is 14.3 Å². The van der Waals surface area contributed by atoms with Crippen LogP contribution in [0.15, 0.2) is 36.4 Å². The molecule has 0 unspecified atom stereocenters. The van der Waals surface area contributed by atoms with Gasteiger partial charge in [0.1, 0.15) is 23.9 Å². The molecule has 1 heterocycles. The fourth-order valence-corrected chi connectivity index (χ4v) is 3.61. The van der Waals surface area contributed by atoms with E-state index in [1.165, 1.54) is 6.07 Å². The number of hydrogen-bond donors (Lipinski definition) is 4. The van der Waals surface area contributed by atoms with E-state index in [0.717, 1.165) is 5.69 Å². The SMILES string of the molecule is CC(C)c1cc(-c2n[nH]c(=S)n2-c2ccc(OCCOCCOCCNC=O)cc2)c(O)cc1O. The number of aromatic hydroxyl groups is 2. The Labute approximate surface area is 208 Å². The molecular weight excluding hydrogens is 472 g/mol. The van der Waals surface area contributed by atoms with Crippen molar-refractivity contribution in [2.75, 3.05) is 39.6 Å². The van der Waals surface area contributed by atoms with Crippen LogP contribution < -0.4 is 10.1 Å². The number of nitrogens with one attached hydrogen (secondary N) is 2. The van der Waals surface area contributed by atoms with Gasteiger partial charge in [-0.1, -0.05) is 13.8 Å². The highest BCUT2D eigenvalue weighted by Crippen LogP contribution is 2.37. The first-order chi connectivity index (χ1) is 16.9. The fourth-order valence-electron chi connectivity index (χ4n) is 3.37. The molecule has 0 aliphatic rings. The molecule has 0 aliphatic heterocycles. The maximum Gasteiger partial charge on any atom is 0.207 e. The molecule has 2 aromatic carbocycles. The van der Waals surface area contributed by atoms with E-state index in [2.05, 4.69) is 15.5 Å². The predicted octanol–water partition coefficient (Wildman–Crippen LogP) is 3.29. The van der Waals surface area contributed by atoms with E-state index in [0.29, 0.717) is 73.5 Å². The predicted molar refractivity (Wildman–Crippen MR) is 133 cm³/mol. The van der Waals surface area contributed by atoms with Gasteiger partial charge < -0.3 is 29.7 Å². The molecule has 0 radical (unpaired) electrons. The highest BCUT2D eigenvalue weighted by molar-refractivity contribution is 7.71. The van der Waals surface area contributed by atoms with Gasteiger partial charge in [-0.3, -0.25) is 14.5 Å². The second-order valence-electron chi connectivity index (χ2n) is 7.91. The zero-order valence-electron chi connectivity index (χ0n) is 19.7. The van der Waals surface area contributed by atoms with Gasteiger partial charge in [0.05, 0.1) is 37.7 Å². The third-order valence-electron chi connectivity index (χ3n) is 5.12. The minimum Gasteiger partial charge on any atom is -0.508 e. The summed E-state index contributed by atoms with van der Waals surface area (Å²) in [5.41, 5.74) is 1.90. The van der Waals surface area contributed by atoms with E-state index in [9.17, 15) is 15.0 Å². The first-order valence-corrected chi connectivity index (χ1v) is 11.6. The molecule has 10 nitrogen and oxygen atoms in total. The van der Waals surface area contributed by atoms with Crippen LogP contribution in [0.5, 0.6) is 17.2 Å². The lowest BCUT2D eigenvalue weighted by atomic mass is 9.98. The van der Waals surface area contributed by atoms with Crippen LogP contribution in [0.25, 0.3) is 17.1 Å². The van der Waals surface area contributed by atoms with Gasteiger partial charge in [0.25, 0.3) is 0 Å². The molecule has 0 aliphatic carbocycles. The fraction of sp³-hybridized carbons (Fsp3) is 0.375. The quantitative estimate of drug-likeness (QED) is 0.150. The molecule has 0 saturated heterocycles. The van der Waals surface area contributed by atoms with Gasteiger partial charge in [-0.2, -0.15) is 5.10 Å². The van der Waals surface area contributed by atoms with Crippen molar-refractivity contribution in [1.29, 1.82) is 0 Å². The van der Waals surface area contributed by atoms with Gasteiger partial charge >= 0.3 is 0 Å². The van der Waals surface area contributed by atoms with Crippen molar-refractivity contribution < 1.29 is 29.2 Å². The van der Waals surface area contributed by atoms with Crippen molar-refractivity contribution >= 4 is 18.6 Å². The maximum atomic E-state index is 10.5. The summed E-state index contributed by atoms with van der Waals surface area (Å²) in [5.74, 6) is 1.10. The number of H-pyrrole nitrogens is 1. The zero-order chi connectivity index (χ0) is 25.2. The number of aromatic nitrogens is 3. The van der Waals surface area contributed by atoms with Crippen LogP contribution in [-0.4, -0.2) is 71.0 Å². The molecule has 0 atom stereocenters. The number of ether oxygens (including phenoxy) is 3. The standard InChI is InChI=1S/C24H30N4O6S/c1-16(2)19-13-20(22(31)14-21(19)30)23-26-27-24(35)28(23)17-3-5-18(6-4-17)34-12-11-33-10-9-32-8-7-25-15-29/h3-6,13-16,30-31H,7-12H2,1-2H3,(H,25,29)(H,27,35). The molecule has 35 heavy (non-hydrogen) atoms. The van der Waals surface area contributed by atoms with E-state index >= 15 is 0 Å². The minimum absolute atomic E-state index is 0.0341. The van der Waals surface area contributed by atoms with E-state index in [1.54, 1.807) is 10.6 Å². The number of carbonyl (C=O) groups excluding carboxylic acids is 1. The molecule has 11 heteroatoms. The summed E-state index contributed by atoms with van der Waals surface area (Å²) in [6.45, 7) is 6.50. The van der Waals surface area contributed by atoms with Crippen LogP contribution in [0.1, 0.15) is 25.3 Å². The summed E-state index contributed by atoms with van der Waals surface area (Å²) < 4.78 is 18.6. The van der Waals surface area contributed by atoms with E-state index < -0.39 is 0 Å². The molecule has 4 N–H and O–H groups in total. The summed E-state index contributed by atoms with van der Waals surface area (Å²) in [6.07, 6.45) is 0.634. The van der Waals surface area contributed by atoms with Crippen molar-refractivity contribution in [2.45, 2.75) is 19.8 Å². The average molecular weight is 503 g/mol. The topological polar surface area (TPSA) is 131 Å². The number of carbonyl (C=O) groups is 1. The van der Waals surface area contributed by atoms with E-state index in [1.807, 2.05) is 38.1 Å². The molecule has 1 amide bonds.